The predicted molar refractivity (Wildman–Crippen MR) is 74.4 cm³/mol. The number of carbonyl (C=O) groups excluding carboxylic acids is 1. The first-order chi connectivity index (χ1) is 8.99. The minimum Gasteiger partial charge on any atom is -0.357 e. The van der Waals surface area contributed by atoms with Gasteiger partial charge in [0.1, 0.15) is 5.69 Å². The Morgan fingerprint density at radius 1 is 1.42 bits per heavy atom. The topological polar surface area (TPSA) is 75.5 Å². The van der Waals surface area contributed by atoms with Crippen LogP contribution in [0.25, 0.3) is 0 Å². The van der Waals surface area contributed by atoms with E-state index < -0.39 is 4.92 Å². The van der Waals surface area contributed by atoms with E-state index in [9.17, 15) is 14.9 Å². The number of benzene rings is 1. The number of hydrogen-bond donors (Lipinski definition) is 1. The van der Waals surface area contributed by atoms with E-state index >= 15 is 0 Å². The number of nitro benzene ring substituents is 1. The summed E-state index contributed by atoms with van der Waals surface area (Å²) in [5.41, 5.74) is 1.33. The second-order valence-electron chi connectivity index (χ2n) is 4.22. The van der Waals surface area contributed by atoms with Crippen LogP contribution in [0.15, 0.2) is 18.2 Å². The van der Waals surface area contributed by atoms with Crippen LogP contribution in [0, 0.1) is 17.0 Å². The molecule has 0 aromatic heterocycles. The van der Waals surface area contributed by atoms with Crippen LogP contribution in [0.5, 0.6) is 0 Å². The van der Waals surface area contributed by atoms with Gasteiger partial charge >= 0.3 is 0 Å². The molecule has 0 saturated heterocycles. The fourth-order valence-corrected chi connectivity index (χ4v) is 1.84. The van der Waals surface area contributed by atoms with Crippen molar-refractivity contribution in [3.8, 4) is 0 Å². The van der Waals surface area contributed by atoms with Gasteiger partial charge in [-0.25, -0.2) is 0 Å². The molecule has 0 saturated carbocycles. The molecule has 0 atom stereocenters. The lowest BCUT2D eigenvalue weighted by atomic mass is 10.1. The lowest BCUT2D eigenvalue weighted by Gasteiger charge is -2.22. The Morgan fingerprint density at radius 2 is 2.11 bits per heavy atom. The molecule has 0 fully saturated rings. The molecule has 1 N–H and O–H groups in total. The molecule has 0 bridgehead atoms. The van der Waals surface area contributed by atoms with Crippen LogP contribution < -0.4 is 10.2 Å². The number of amides is 1. The average Bonchev–Trinajstić information content (AvgIpc) is 2.36. The van der Waals surface area contributed by atoms with Crippen LogP contribution in [0.3, 0.4) is 0 Å². The fraction of sp³-hybridized carbons (Fsp3) is 0.462. The van der Waals surface area contributed by atoms with E-state index in [1.807, 2.05) is 19.9 Å². The maximum atomic E-state index is 11.6. The van der Waals surface area contributed by atoms with Gasteiger partial charge in [0.05, 0.1) is 11.5 Å². The summed E-state index contributed by atoms with van der Waals surface area (Å²) in [4.78, 5) is 24.0. The van der Waals surface area contributed by atoms with Crippen molar-refractivity contribution in [1.82, 2.24) is 5.32 Å². The zero-order valence-corrected chi connectivity index (χ0v) is 11.5. The molecule has 6 heteroatoms. The Kier molecular flexibility index (Phi) is 5.29. The molecular formula is C13H19N3O3. The Morgan fingerprint density at radius 3 is 2.63 bits per heavy atom. The standard InChI is InChI=1S/C13H19N3O3/c1-4-14-13(17)9-15(5-2)11-7-6-10(3)8-12(11)16(18)19/h6-8H,4-5,9H2,1-3H3,(H,14,17). The summed E-state index contributed by atoms with van der Waals surface area (Å²) in [6.45, 7) is 6.70. The van der Waals surface area contributed by atoms with E-state index in [1.54, 1.807) is 17.9 Å². The van der Waals surface area contributed by atoms with Crippen molar-refractivity contribution in [2.75, 3.05) is 24.5 Å². The summed E-state index contributed by atoms with van der Waals surface area (Å²) in [6.07, 6.45) is 0. The zero-order valence-electron chi connectivity index (χ0n) is 11.5. The Hall–Kier alpha value is -2.11. The third-order valence-electron chi connectivity index (χ3n) is 2.76. The van der Waals surface area contributed by atoms with E-state index in [1.165, 1.54) is 6.07 Å². The first-order valence-electron chi connectivity index (χ1n) is 6.26. The Balaban J connectivity index is 3.04. The van der Waals surface area contributed by atoms with Crippen molar-refractivity contribution in [2.24, 2.45) is 0 Å². The first kappa shape index (κ1) is 14.9. The number of aryl methyl sites for hydroxylation is 1. The quantitative estimate of drug-likeness (QED) is 0.629. The van der Waals surface area contributed by atoms with Crippen LogP contribution in [-0.4, -0.2) is 30.5 Å². The third-order valence-corrected chi connectivity index (χ3v) is 2.76. The lowest BCUT2D eigenvalue weighted by molar-refractivity contribution is -0.384. The smallest absolute Gasteiger partial charge is 0.292 e. The zero-order chi connectivity index (χ0) is 14.4. The molecule has 19 heavy (non-hydrogen) atoms. The number of anilines is 1. The normalized spacial score (nSPS) is 10.1. The van der Waals surface area contributed by atoms with Gasteiger partial charge in [0.25, 0.3) is 5.69 Å². The second kappa shape index (κ2) is 6.72. The minimum atomic E-state index is -0.414. The molecule has 1 aromatic rings. The highest BCUT2D eigenvalue weighted by atomic mass is 16.6. The number of likely N-dealkylation sites (N-methyl/N-ethyl adjacent to an activating group) is 2. The van der Waals surface area contributed by atoms with Gasteiger partial charge in [-0.1, -0.05) is 6.07 Å². The number of hydrogen-bond acceptors (Lipinski definition) is 4. The highest BCUT2D eigenvalue weighted by Crippen LogP contribution is 2.28. The van der Waals surface area contributed by atoms with E-state index in [2.05, 4.69) is 5.32 Å². The molecule has 0 spiro atoms. The van der Waals surface area contributed by atoms with E-state index in [-0.39, 0.29) is 18.1 Å². The van der Waals surface area contributed by atoms with Crippen molar-refractivity contribution < 1.29 is 9.72 Å². The van der Waals surface area contributed by atoms with Crippen molar-refractivity contribution in [3.05, 3.63) is 33.9 Å². The molecular weight excluding hydrogens is 246 g/mol. The van der Waals surface area contributed by atoms with Crippen LogP contribution >= 0.6 is 0 Å². The number of nitro groups is 1. The van der Waals surface area contributed by atoms with Gasteiger partial charge in [-0.15, -0.1) is 0 Å². The maximum Gasteiger partial charge on any atom is 0.292 e. The van der Waals surface area contributed by atoms with Crippen molar-refractivity contribution in [1.29, 1.82) is 0 Å². The number of nitrogens with zero attached hydrogens (tertiary/aromatic N) is 2. The molecule has 6 nitrogen and oxygen atoms in total. The highest BCUT2D eigenvalue weighted by molar-refractivity contribution is 5.82. The largest absolute Gasteiger partial charge is 0.357 e. The Bertz CT molecular complexity index is 474. The van der Waals surface area contributed by atoms with Gasteiger partial charge in [-0.2, -0.15) is 0 Å². The monoisotopic (exact) mass is 265 g/mol. The lowest BCUT2D eigenvalue weighted by Crippen LogP contribution is -2.37. The SMILES string of the molecule is CCNC(=O)CN(CC)c1ccc(C)cc1[N+](=O)[O-]. The van der Waals surface area contributed by atoms with Crippen molar-refractivity contribution >= 4 is 17.3 Å². The van der Waals surface area contributed by atoms with E-state index in [4.69, 9.17) is 0 Å². The number of carbonyl (C=O) groups is 1. The fourth-order valence-electron chi connectivity index (χ4n) is 1.84. The molecule has 1 amide bonds. The molecule has 1 rings (SSSR count). The third kappa shape index (κ3) is 3.94. The number of nitrogens with one attached hydrogen (secondary N) is 1. The summed E-state index contributed by atoms with van der Waals surface area (Å²) >= 11 is 0. The van der Waals surface area contributed by atoms with Crippen LogP contribution in [0.2, 0.25) is 0 Å². The average molecular weight is 265 g/mol. The molecule has 0 heterocycles. The van der Waals surface area contributed by atoms with Gasteiger partial charge in [0.15, 0.2) is 0 Å². The van der Waals surface area contributed by atoms with E-state index in [0.717, 1.165) is 5.56 Å². The summed E-state index contributed by atoms with van der Waals surface area (Å²) < 4.78 is 0. The molecule has 0 aliphatic rings. The van der Waals surface area contributed by atoms with Gasteiger partial charge in [0, 0.05) is 19.2 Å². The van der Waals surface area contributed by atoms with Crippen LogP contribution in [-0.2, 0) is 4.79 Å². The van der Waals surface area contributed by atoms with Gasteiger partial charge in [-0.05, 0) is 32.4 Å². The van der Waals surface area contributed by atoms with Gasteiger partial charge < -0.3 is 10.2 Å². The molecule has 104 valence electrons. The predicted octanol–water partition coefficient (Wildman–Crippen LogP) is 1.87. The van der Waals surface area contributed by atoms with Crippen LogP contribution in [0.4, 0.5) is 11.4 Å². The summed E-state index contributed by atoms with van der Waals surface area (Å²) in [5, 5.41) is 13.8. The first-order valence-corrected chi connectivity index (χ1v) is 6.26. The van der Waals surface area contributed by atoms with Crippen molar-refractivity contribution in [3.63, 3.8) is 0 Å². The van der Waals surface area contributed by atoms with Gasteiger partial charge in [0.2, 0.25) is 5.91 Å². The molecule has 0 aliphatic heterocycles. The molecule has 0 radical (unpaired) electrons. The highest BCUT2D eigenvalue weighted by Gasteiger charge is 2.20. The summed E-state index contributed by atoms with van der Waals surface area (Å²) in [5.74, 6) is -0.140. The molecule has 0 aliphatic carbocycles. The van der Waals surface area contributed by atoms with Crippen LogP contribution in [0.1, 0.15) is 19.4 Å². The maximum absolute atomic E-state index is 11.6. The second-order valence-corrected chi connectivity index (χ2v) is 4.22. The van der Waals surface area contributed by atoms with Crippen molar-refractivity contribution in [2.45, 2.75) is 20.8 Å². The Labute approximate surface area is 112 Å². The minimum absolute atomic E-state index is 0.0335. The molecule has 0 unspecified atom stereocenters. The van der Waals surface area contributed by atoms with Gasteiger partial charge in [-0.3, -0.25) is 14.9 Å². The van der Waals surface area contributed by atoms with E-state index in [0.29, 0.717) is 18.8 Å². The molecule has 1 aromatic carbocycles. The summed E-state index contributed by atoms with van der Waals surface area (Å²) in [7, 11) is 0. The summed E-state index contributed by atoms with van der Waals surface area (Å²) in [6, 6.07) is 5.02. The number of rotatable bonds is 6.